The van der Waals surface area contributed by atoms with Crippen LogP contribution in [0, 0.1) is 0 Å². The van der Waals surface area contributed by atoms with Crippen LogP contribution in [0.15, 0.2) is 41.4 Å². The number of imidazole rings is 1. The second-order valence-electron chi connectivity index (χ2n) is 3.56. The Morgan fingerprint density at radius 3 is 3.00 bits per heavy atom. The van der Waals surface area contributed by atoms with E-state index in [-0.39, 0.29) is 6.03 Å². The molecule has 0 atom stereocenters. The summed E-state index contributed by atoms with van der Waals surface area (Å²) in [7, 11) is 0. The number of anilines is 1. The van der Waals surface area contributed by atoms with Gasteiger partial charge in [0.1, 0.15) is 6.33 Å². The maximum Gasteiger partial charge on any atom is 0.331 e. The molecular weight excluding hydrogens is 282 g/mol. The largest absolute Gasteiger partial charge is 0.331 e. The Balaban J connectivity index is 2.21. The molecule has 17 heavy (non-hydrogen) atoms. The number of aryl methyl sites for hydroxylation is 1. The Morgan fingerprint density at radius 1 is 1.53 bits per heavy atom. The highest BCUT2D eigenvalue weighted by Crippen LogP contribution is 2.21. The molecule has 0 saturated carbocycles. The summed E-state index contributed by atoms with van der Waals surface area (Å²) in [5.41, 5.74) is 1.92. The average molecular weight is 294 g/mol. The highest BCUT2D eigenvalue weighted by molar-refractivity contribution is 9.10. The van der Waals surface area contributed by atoms with E-state index in [1.165, 1.54) is 10.9 Å². The van der Waals surface area contributed by atoms with Crippen LogP contribution in [0.2, 0.25) is 0 Å². The molecule has 1 aromatic heterocycles. The van der Waals surface area contributed by atoms with E-state index in [1.54, 1.807) is 12.4 Å². The van der Waals surface area contributed by atoms with Crippen molar-refractivity contribution in [3.8, 4) is 0 Å². The molecule has 0 bridgehead atoms. The minimum atomic E-state index is -0.209. The molecule has 88 valence electrons. The Kier molecular flexibility index (Phi) is 3.58. The molecule has 0 saturated heterocycles. The van der Waals surface area contributed by atoms with Gasteiger partial charge in [-0.05, 0) is 30.2 Å². The third-order valence-electron chi connectivity index (χ3n) is 2.43. The van der Waals surface area contributed by atoms with Crippen molar-refractivity contribution < 1.29 is 4.79 Å². The minimum Gasteiger partial charge on any atom is -0.307 e. The summed E-state index contributed by atoms with van der Waals surface area (Å²) < 4.78 is 2.41. The number of nitrogens with one attached hydrogen (secondary N) is 1. The van der Waals surface area contributed by atoms with Crippen molar-refractivity contribution >= 4 is 27.6 Å². The fourth-order valence-corrected chi connectivity index (χ4v) is 1.94. The van der Waals surface area contributed by atoms with E-state index in [2.05, 4.69) is 33.2 Å². The molecule has 1 amide bonds. The average Bonchev–Trinajstić information content (AvgIpc) is 2.85. The molecule has 4 nitrogen and oxygen atoms in total. The third kappa shape index (κ3) is 2.74. The van der Waals surface area contributed by atoms with E-state index in [9.17, 15) is 4.79 Å². The number of rotatable bonds is 2. The van der Waals surface area contributed by atoms with Gasteiger partial charge in [0.15, 0.2) is 0 Å². The summed E-state index contributed by atoms with van der Waals surface area (Å²) in [6, 6.07) is 5.59. The summed E-state index contributed by atoms with van der Waals surface area (Å²) in [4.78, 5) is 15.7. The van der Waals surface area contributed by atoms with Gasteiger partial charge in [0.05, 0.1) is 0 Å². The topological polar surface area (TPSA) is 46.9 Å². The quantitative estimate of drug-likeness (QED) is 0.924. The van der Waals surface area contributed by atoms with Gasteiger partial charge in [0.2, 0.25) is 0 Å². The standard InChI is InChI=1S/C12H12BrN3O/c1-2-9-7-10(13)3-4-11(9)15-12(17)16-6-5-14-8-16/h3-8H,2H2,1H3,(H,15,17). The van der Waals surface area contributed by atoms with Gasteiger partial charge in [-0.2, -0.15) is 0 Å². The fraction of sp³-hybridized carbons (Fsp3) is 0.167. The van der Waals surface area contributed by atoms with Crippen molar-refractivity contribution in [2.75, 3.05) is 5.32 Å². The number of carbonyl (C=O) groups is 1. The molecule has 1 aromatic carbocycles. The zero-order chi connectivity index (χ0) is 12.3. The van der Waals surface area contributed by atoms with Gasteiger partial charge in [-0.3, -0.25) is 4.57 Å². The van der Waals surface area contributed by atoms with Crippen LogP contribution >= 0.6 is 15.9 Å². The molecule has 0 spiro atoms. The van der Waals surface area contributed by atoms with Gasteiger partial charge >= 0.3 is 6.03 Å². The Labute approximate surface area is 108 Å². The van der Waals surface area contributed by atoms with E-state index < -0.39 is 0 Å². The lowest BCUT2D eigenvalue weighted by atomic mass is 10.1. The number of carbonyl (C=O) groups excluding carboxylic acids is 1. The monoisotopic (exact) mass is 293 g/mol. The lowest BCUT2D eigenvalue weighted by molar-refractivity contribution is 0.253. The first-order valence-electron chi connectivity index (χ1n) is 5.28. The maximum absolute atomic E-state index is 11.8. The van der Waals surface area contributed by atoms with Gasteiger partial charge in [0.25, 0.3) is 0 Å². The van der Waals surface area contributed by atoms with E-state index in [1.807, 2.05) is 18.2 Å². The van der Waals surface area contributed by atoms with Crippen molar-refractivity contribution in [1.29, 1.82) is 0 Å². The Bertz CT molecular complexity index is 523. The van der Waals surface area contributed by atoms with Crippen LogP contribution in [0.3, 0.4) is 0 Å². The Morgan fingerprint density at radius 2 is 2.35 bits per heavy atom. The molecule has 2 aromatic rings. The van der Waals surface area contributed by atoms with Crippen molar-refractivity contribution in [1.82, 2.24) is 9.55 Å². The summed E-state index contributed by atoms with van der Waals surface area (Å²) in [5.74, 6) is 0. The van der Waals surface area contributed by atoms with E-state index in [0.29, 0.717) is 0 Å². The van der Waals surface area contributed by atoms with Crippen LogP contribution in [-0.2, 0) is 6.42 Å². The molecule has 2 rings (SSSR count). The normalized spacial score (nSPS) is 10.2. The summed E-state index contributed by atoms with van der Waals surface area (Å²) in [6.45, 7) is 2.05. The number of nitrogens with zero attached hydrogens (tertiary/aromatic N) is 2. The highest BCUT2D eigenvalue weighted by Gasteiger charge is 2.07. The molecule has 1 N–H and O–H groups in total. The Hall–Kier alpha value is -1.62. The molecular formula is C12H12BrN3O. The molecule has 0 fully saturated rings. The number of halogens is 1. The predicted octanol–water partition coefficient (Wildman–Crippen LogP) is 3.29. The lowest BCUT2D eigenvalue weighted by Crippen LogP contribution is -2.18. The second kappa shape index (κ2) is 5.14. The SMILES string of the molecule is CCc1cc(Br)ccc1NC(=O)n1ccnc1. The van der Waals surface area contributed by atoms with Crippen LogP contribution in [-0.4, -0.2) is 15.6 Å². The third-order valence-corrected chi connectivity index (χ3v) is 2.92. The first-order valence-corrected chi connectivity index (χ1v) is 6.07. The summed E-state index contributed by atoms with van der Waals surface area (Å²) in [5, 5.41) is 2.85. The number of hydrogen-bond donors (Lipinski definition) is 1. The van der Waals surface area contributed by atoms with Crippen molar-refractivity contribution in [2.45, 2.75) is 13.3 Å². The van der Waals surface area contributed by atoms with Crippen LogP contribution in [0.1, 0.15) is 12.5 Å². The van der Waals surface area contributed by atoms with Gasteiger partial charge in [-0.15, -0.1) is 0 Å². The van der Waals surface area contributed by atoms with Gasteiger partial charge in [0, 0.05) is 22.6 Å². The fourth-order valence-electron chi connectivity index (χ4n) is 1.54. The zero-order valence-electron chi connectivity index (χ0n) is 9.35. The molecule has 1 heterocycles. The lowest BCUT2D eigenvalue weighted by Gasteiger charge is -2.10. The minimum absolute atomic E-state index is 0.209. The molecule has 0 unspecified atom stereocenters. The van der Waals surface area contributed by atoms with E-state index >= 15 is 0 Å². The smallest absolute Gasteiger partial charge is 0.307 e. The van der Waals surface area contributed by atoms with Crippen LogP contribution in [0.4, 0.5) is 10.5 Å². The van der Waals surface area contributed by atoms with Gasteiger partial charge < -0.3 is 5.32 Å². The van der Waals surface area contributed by atoms with Crippen LogP contribution in [0.5, 0.6) is 0 Å². The first-order chi connectivity index (χ1) is 8.20. The van der Waals surface area contributed by atoms with Gasteiger partial charge in [-0.25, -0.2) is 9.78 Å². The molecule has 0 aliphatic rings. The van der Waals surface area contributed by atoms with Crippen molar-refractivity contribution in [2.24, 2.45) is 0 Å². The molecule has 0 aliphatic heterocycles. The maximum atomic E-state index is 11.8. The second-order valence-corrected chi connectivity index (χ2v) is 4.47. The van der Waals surface area contributed by atoms with Gasteiger partial charge in [-0.1, -0.05) is 22.9 Å². The number of benzene rings is 1. The predicted molar refractivity (Wildman–Crippen MR) is 70.2 cm³/mol. The van der Waals surface area contributed by atoms with Crippen molar-refractivity contribution in [3.63, 3.8) is 0 Å². The summed E-state index contributed by atoms with van der Waals surface area (Å²) >= 11 is 3.41. The molecule has 5 heteroatoms. The first kappa shape index (κ1) is 11.9. The number of aromatic nitrogens is 2. The van der Waals surface area contributed by atoms with E-state index in [0.717, 1.165) is 22.1 Å². The number of amides is 1. The van der Waals surface area contributed by atoms with Crippen molar-refractivity contribution in [3.05, 3.63) is 47.0 Å². The molecule has 0 radical (unpaired) electrons. The number of hydrogen-bond acceptors (Lipinski definition) is 2. The zero-order valence-corrected chi connectivity index (χ0v) is 10.9. The molecule has 0 aliphatic carbocycles. The van der Waals surface area contributed by atoms with Crippen LogP contribution in [0.25, 0.3) is 0 Å². The summed E-state index contributed by atoms with van der Waals surface area (Å²) in [6.07, 6.45) is 5.51. The van der Waals surface area contributed by atoms with Crippen LogP contribution < -0.4 is 5.32 Å². The van der Waals surface area contributed by atoms with E-state index in [4.69, 9.17) is 0 Å². The highest BCUT2D eigenvalue weighted by atomic mass is 79.9.